The molecule has 9 heteroatoms. The number of aliphatic hydroxyl groups is 1. The molecule has 0 saturated heterocycles. The van der Waals surface area contributed by atoms with E-state index in [9.17, 15) is 4.79 Å². The van der Waals surface area contributed by atoms with Crippen LogP contribution in [0.3, 0.4) is 0 Å². The minimum Gasteiger partial charge on any atom is -0.494 e. The van der Waals surface area contributed by atoms with Crippen molar-refractivity contribution in [2.45, 2.75) is 44.2 Å². The van der Waals surface area contributed by atoms with E-state index in [1.807, 2.05) is 61.5 Å². The minimum absolute atomic E-state index is 0.0693. The zero-order valence-electron chi connectivity index (χ0n) is 22.0. The first-order valence-electron chi connectivity index (χ1n) is 13.1. The summed E-state index contributed by atoms with van der Waals surface area (Å²) in [6.45, 7) is 2.82. The van der Waals surface area contributed by atoms with Crippen molar-refractivity contribution < 1.29 is 19.4 Å². The van der Waals surface area contributed by atoms with E-state index >= 15 is 0 Å². The summed E-state index contributed by atoms with van der Waals surface area (Å²) in [6.07, 6.45) is 1.82. The molecule has 1 amide bonds. The summed E-state index contributed by atoms with van der Waals surface area (Å²) in [7, 11) is 0. The van der Waals surface area contributed by atoms with Crippen molar-refractivity contribution in [1.29, 1.82) is 0 Å². The third kappa shape index (κ3) is 6.96. The van der Waals surface area contributed by atoms with Gasteiger partial charge in [-0.1, -0.05) is 59.7 Å². The molecule has 0 aromatic heterocycles. The molecule has 0 unspecified atom stereocenters. The maximum absolute atomic E-state index is 13.8. The van der Waals surface area contributed by atoms with Crippen molar-refractivity contribution in [3.63, 3.8) is 0 Å². The monoisotopic (exact) mass is 527 g/mol. The van der Waals surface area contributed by atoms with E-state index in [2.05, 4.69) is 27.5 Å². The number of nitrogens with one attached hydrogen (secondary N) is 1. The molecular formula is C30H33N5O4. The Morgan fingerprint density at radius 3 is 2.59 bits per heavy atom. The number of azide groups is 1. The van der Waals surface area contributed by atoms with Crippen LogP contribution in [0.15, 0.2) is 89.0 Å². The van der Waals surface area contributed by atoms with E-state index < -0.39 is 11.6 Å². The summed E-state index contributed by atoms with van der Waals surface area (Å²) in [5.74, 6) is 0.799. The molecule has 4 rings (SSSR count). The number of carbonyl (C=O) groups is 1. The highest BCUT2D eigenvalue weighted by atomic mass is 16.5. The molecule has 0 fully saturated rings. The lowest BCUT2D eigenvalue weighted by Gasteiger charge is -2.28. The van der Waals surface area contributed by atoms with E-state index in [4.69, 9.17) is 25.1 Å². The Bertz CT molecular complexity index is 1320. The summed E-state index contributed by atoms with van der Waals surface area (Å²) in [4.78, 5) is 21.6. The maximum Gasteiger partial charge on any atom is 0.252 e. The van der Waals surface area contributed by atoms with Crippen LogP contribution in [0.2, 0.25) is 0 Å². The van der Waals surface area contributed by atoms with Crippen LogP contribution in [0.25, 0.3) is 10.4 Å². The van der Waals surface area contributed by atoms with Crippen molar-refractivity contribution in [2.24, 2.45) is 10.1 Å². The highest BCUT2D eigenvalue weighted by molar-refractivity contribution is 6.01. The average Bonchev–Trinajstić information content (AvgIpc) is 3.30. The second-order valence-corrected chi connectivity index (χ2v) is 9.39. The van der Waals surface area contributed by atoms with Crippen molar-refractivity contribution >= 4 is 17.5 Å². The minimum atomic E-state index is -1.25. The molecule has 0 radical (unpaired) electrons. The van der Waals surface area contributed by atoms with Gasteiger partial charge in [0.2, 0.25) is 5.90 Å². The number of rotatable bonds is 13. The highest BCUT2D eigenvalue weighted by Gasteiger charge is 2.50. The summed E-state index contributed by atoms with van der Waals surface area (Å²) < 4.78 is 11.8. The molecule has 202 valence electrons. The molecule has 3 aromatic rings. The Morgan fingerprint density at radius 1 is 1.10 bits per heavy atom. The largest absolute Gasteiger partial charge is 0.494 e. The summed E-state index contributed by atoms with van der Waals surface area (Å²) >= 11 is 0. The molecule has 0 aliphatic carbocycles. The SMILES string of the molecule is C[C@H]1OC(c2ccc(OCCCO)cc2)=N[C@@]1(Cc1ccccc1N=[N+]=[N-])C(=O)NCCCc1ccccc1. The van der Waals surface area contributed by atoms with Gasteiger partial charge in [0.1, 0.15) is 11.9 Å². The van der Waals surface area contributed by atoms with Gasteiger partial charge in [0.25, 0.3) is 5.91 Å². The second kappa shape index (κ2) is 13.5. The van der Waals surface area contributed by atoms with Gasteiger partial charge in [-0.25, -0.2) is 4.99 Å². The smallest absolute Gasteiger partial charge is 0.252 e. The third-order valence-electron chi connectivity index (χ3n) is 6.70. The van der Waals surface area contributed by atoms with Crippen LogP contribution >= 0.6 is 0 Å². The molecule has 9 nitrogen and oxygen atoms in total. The van der Waals surface area contributed by atoms with Crippen molar-refractivity contribution in [3.8, 4) is 5.75 Å². The van der Waals surface area contributed by atoms with E-state index in [1.54, 1.807) is 12.1 Å². The average molecular weight is 528 g/mol. The zero-order valence-corrected chi connectivity index (χ0v) is 22.0. The molecule has 3 aromatic carbocycles. The zero-order chi connectivity index (χ0) is 27.5. The van der Waals surface area contributed by atoms with Crippen LogP contribution in [0.1, 0.15) is 36.5 Å². The molecule has 0 spiro atoms. The van der Waals surface area contributed by atoms with E-state index in [1.165, 1.54) is 5.56 Å². The third-order valence-corrected chi connectivity index (χ3v) is 6.70. The molecule has 0 saturated carbocycles. The van der Waals surface area contributed by atoms with Gasteiger partial charge in [0.05, 0.1) is 6.61 Å². The number of benzene rings is 3. The quantitative estimate of drug-likeness (QED) is 0.135. The normalized spacial score (nSPS) is 18.0. The fourth-order valence-electron chi connectivity index (χ4n) is 4.53. The van der Waals surface area contributed by atoms with Gasteiger partial charge < -0.3 is 19.9 Å². The number of amides is 1. The highest BCUT2D eigenvalue weighted by Crippen LogP contribution is 2.35. The Morgan fingerprint density at radius 2 is 1.85 bits per heavy atom. The first-order chi connectivity index (χ1) is 19.1. The summed E-state index contributed by atoms with van der Waals surface area (Å²) in [5, 5.41) is 15.9. The van der Waals surface area contributed by atoms with Gasteiger partial charge in [0, 0.05) is 42.2 Å². The first-order valence-corrected chi connectivity index (χ1v) is 13.1. The van der Waals surface area contributed by atoms with Gasteiger partial charge in [-0.3, -0.25) is 4.79 Å². The van der Waals surface area contributed by atoms with E-state index in [-0.39, 0.29) is 18.9 Å². The van der Waals surface area contributed by atoms with Crippen molar-refractivity contribution in [2.75, 3.05) is 19.8 Å². The van der Waals surface area contributed by atoms with E-state index in [0.717, 1.165) is 18.4 Å². The predicted octanol–water partition coefficient (Wildman–Crippen LogP) is 5.29. The lowest BCUT2D eigenvalue weighted by Crippen LogP contribution is -2.52. The van der Waals surface area contributed by atoms with Crippen LogP contribution in [0.5, 0.6) is 5.75 Å². The maximum atomic E-state index is 13.8. The first kappa shape index (κ1) is 27.7. The second-order valence-electron chi connectivity index (χ2n) is 9.39. The lowest BCUT2D eigenvalue weighted by atomic mass is 9.85. The number of hydrogen-bond donors (Lipinski definition) is 2. The molecule has 0 bridgehead atoms. The van der Waals surface area contributed by atoms with Gasteiger partial charge in [-0.15, -0.1) is 0 Å². The molecule has 1 aliphatic heterocycles. The number of hydrogen-bond acceptors (Lipinski definition) is 6. The number of carbonyl (C=O) groups excluding carboxylic acids is 1. The van der Waals surface area contributed by atoms with Crippen molar-refractivity contribution in [3.05, 3.63) is 106 Å². The fraction of sp³-hybridized carbons (Fsp3) is 0.333. The number of aliphatic imine (C=N–C) groups is 1. The Labute approximate surface area is 228 Å². The molecule has 2 N–H and O–H groups in total. The number of nitrogens with zero attached hydrogens (tertiary/aromatic N) is 4. The van der Waals surface area contributed by atoms with Crippen LogP contribution in [-0.4, -0.2) is 48.3 Å². The topological polar surface area (TPSA) is 129 Å². The number of ether oxygens (including phenoxy) is 2. The van der Waals surface area contributed by atoms with Gasteiger partial charge in [0.15, 0.2) is 5.54 Å². The molecular weight excluding hydrogens is 494 g/mol. The van der Waals surface area contributed by atoms with Crippen LogP contribution in [0.4, 0.5) is 5.69 Å². The molecule has 1 heterocycles. The summed E-state index contributed by atoms with van der Waals surface area (Å²) in [5.41, 5.74) is 10.9. The molecule has 2 atom stereocenters. The van der Waals surface area contributed by atoms with Gasteiger partial charge >= 0.3 is 0 Å². The molecule has 39 heavy (non-hydrogen) atoms. The summed E-state index contributed by atoms with van der Waals surface area (Å²) in [6, 6.07) is 24.6. The molecule has 1 aliphatic rings. The lowest BCUT2D eigenvalue weighted by molar-refractivity contribution is -0.128. The van der Waals surface area contributed by atoms with Crippen LogP contribution in [-0.2, 0) is 22.4 Å². The number of aliphatic hydroxyl groups excluding tert-OH is 1. The Balaban J connectivity index is 1.57. The Kier molecular flexibility index (Phi) is 9.56. The van der Waals surface area contributed by atoms with Gasteiger partial charge in [-0.2, -0.15) is 0 Å². The standard InChI is InChI=1S/C30H33N5O4/c1-22-30(21-25-12-5-6-13-27(25)34-35-31,29(37)32-18-7-11-23-9-3-2-4-10-23)33-28(39-22)24-14-16-26(17-15-24)38-20-8-19-36/h2-6,9-10,12-17,22,36H,7-8,11,18-21H2,1H3,(H,32,37)/t22-,30-/m1/s1. The van der Waals surface area contributed by atoms with Crippen molar-refractivity contribution in [1.82, 2.24) is 5.32 Å². The number of aryl methyl sites for hydroxylation is 1. The van der Waals surface area contributed by atoms with Gasteiger partial charge in [-0.05, 0) is 60.7 Å². The predicted molar refractivity (Wildman–Crippen MR) is 150 cm³/mol. The van der Waals surface area contributed by atoms with E-state index in [0.29, 0.717) is 42.5 Å². The van der Waals surface area contributed by atoms with Crippen LogP contribution in [0, 0.1) is 0 Å². The van der Waals surface area contributed by atoms with Crippen LogP contribution < -0.4 is 10.1 Å². The Hall–Kier alpha value is -4.33. The fourth-order valence-corrected chi connectivity index (χ4v) is 4.53.